The number of nitrogens with zero attached hydrogens (tertiary/aromatic N) is 3. The van der Waals surface area contributed by atoms with Crippen LogP contribution in [0.4, 0.5) is 0 Å². The summed E-state index contributed by atoms with van der Waals surface area (Å²) in [6.07, 6.45) is 4.13. The van der Waals surface area contributed by atoms with Crippen molar-refractivity contribution in [2.24, 2.45) is 5.10 Å². The molecule has 0 amide bonds. The van der Waals surface area contributed by atoms with Crippen molar-refractivity contribution >= 4 is 37.6 Å². The maximum atomic E-state index is 6.44. The summed E-state index contributed by atoms with van der Waals surface area (Å²) in [5.74, 6) is 0.881. The van der Waals surface area contributed by atoms with E-state index in [4.69, 9.17) is 9.84 Å². The van der Waals surface area contributed by atoms with Crippen molar-refractivity contribution in [1.82, 2.24) is 9.99 Å². The largest absolute Gasteiger partial charge is 0.463 e. The van der Waals surface area contributed by atoms with Gasteiger partial charge in [-0.3, -0.25) is 4.98 Å². The van der Waals surface area contributed by atoms with Gasteiger partial charge in [-0.05, 0) is 52.7 Å². The van der Waals surface area contributed by atoms with Gasteiger partial charge in [-0.25, -0.2) is 5.01 Å². The Kier molecular flexibility index (Phi) is 4.48. The number of ether oxygens (including phenoxy) is 1. The zero-order valence-electron chi connectivity index (χ0n) is 15.1. The molecule has 0 N–H and O–H groups in total. The summed E-state index contributed by atoms with van der Waals surface area (Å²) in [5, 5.41) is 7.09. The van der Waals surface area contributed by atoms with Gasteiger partial charge in [0.25, 0.3) is 0 Å². The number of benzene rings is 2. The van der Waals surface area contributed by atoms with E-state index < -0.39 is 0 Å². The maximum Gasteiger partial charge on any atom is 0.214 e. The van der Waals surface area contributed by atoms with Gasteiger partial charge in [0.2, 0.25) is 6.23 Å². The van der Waals surface area contributed by atoms with E-state index in [9.17, 15) is 0 Å². The van der Waals surface area contributed by atoms with E-state index in [-0.39, 0.29) is 12.3 Å². The molecule has 0 saturated carbocycles. The lowest BCUT2D eigenvalue weighted by atomic mass is 9.95. The molecule has 2 atom stereocenters. The molecule has 2 aliphatic rings. The minimum Gasteiger partial charge on any atom is -0.463 e. The fourth-order valence-electron chi connectivity index (χ4n) is 3.78. The number of rotatable bonds is 2. The summed E-state index contributed by atoms with van der Waals surface area (Å²) in [6.45, 7) is 2.10. The van der Waals surface area contributed by atoms with E-state index in [1.165, 1.54) is 5.56 Å². The zero-order valence-corrected chi connectivity index (χ0v) is 18.3. The van der Waals surface area contributed by atoms with E-state index in [1.807, 2.05) is 18.2 Å². The van der Waals surface area contributed by atoms with E-state index in [0.29, 0.717) is 0 Å². The van der Waals surface area contributed by atoms with Crippen molar-refractivity contribution in [1.29, 1.82) is 0 Å². The molecule has 6 heteroatoms. The molecular weight excluding hydrogens is 482 g/mol. The van der Waals surface area contributed by atoms with E-state index in [2.05, 4.69) is 79.1 Å². The molecule has 0 radical (unpaired) electrons. The molecule has 3 aromatic rings. The Hall–Kier alpha value is -2.18. The van der Waals surface area contributed by atoms with Crippen LogP contribution in [0, 0.1) is 6.92 Å². The molecule has 0 unspecified atom stereocenters. The van der Waals surface area contributed by atoms with Gasteiger partial charge in [-0.15, -0.1) is 0 Å². The number of hydrogen-bond acceptors (Lipinski definition) is 4. The average molecular weight is 499 g/mol. The second-order valence-corrected chi connectivity index (χ2v) is 8.84. The average Bonchev–Trinajstić information content (AvgIpc) is 3.14. The highest BCUT2D eigenvalue weighted by Gasteiger charge is 2.41. The lowest BCUT2D eigenvalue weighted by Gasteiger charge is -2.38. The van der Waals surface area contributed by atoms with E-state index in [0.717, 1.165) is 43.5 Å². The predicted octanol–water partition coefficient (Wildman–Crippen LogP) is 6.16. The summed E-state index contributed by atoms with van der Waals surface area (Å²) in [5.41, 5.74) is 5.66. The molecule has 28 heavy (non-hydrogen) atoms. The first-order chi connectivity index (χ1) is 13.6. The molecule has 2 aromatic carbocycles. The third-order valence-corrected chi connectivity index (χ3v) is 6.23. The molecule has 0 spiro atoms. The van der Waals surface area contributed by atoms with Crippen LogP contribution in [0.2, 0.25) is 0 Å². The molecule has 4 nitrogen and oxygen atoms in total. The number of fused-ring (bicyclic) bond motifs is 3. The van der Waals surface area contributed by atoms with Gasteiger partial charge in [0, 0.05) is 34.4 Å². The lowest BCUT2D eigenvalue weighted by molar-refractivity contribution is -0.0197. The summed E-state index contributed by atoms with van der Waals surface area (Å²) in [6, 6.07) is 16.8. The molecule has 1 aromatic heterocycles. The van der Waals surface area contributed by atoms with Crippen molar-refractivity contribution < 1.29 is 4.74 Å². The first kappa shape index (κ1) is 17.9. The first-order valence-electron chi connectivity index (χ1n) is 9.08. The van der Waals surface area contributed by atoms with Crippen LogP contribution < -0.4 is 4.74 Å². The van der Waals surface area contributed by atoms with Crippen molar-refractivity contribution in [3.63, 3.8) is 0 Å². The van der Waals surface area contributed by atoms with Crippen LogP contribution in [0.1, 0.15) is 40.9 Å². The summed E-state index contributed by atoms with van der Waals surface area (Å²) in [7, 11) is 0. The van der Waals surface area contributed by atoms with Gasteiger partial charge in [0.05, 0.1) is 16.2 Å². The fourth-order valence-corrected chi connectivity index (χ4v) is 5.13. The predicted molar refractivity (Wildman–Crippen MR) is 116 cm³/mol. The van der Waals surface area contributed by atoms with Crippen LogP contribution in [0.25, 0.3) is 0 Å². The number of aryl methyl sites for hydroxylation is 1. The Labute approximate surface area is 180 Å². The lowest BCUT2D eigenvalue weighted by Crippen LogP contribution is -2.33. The quantitative estimate of drug-likeness (QED) is 0.424. The Bertz CT molecular complexity index is 1070. The van der Waals surface area contributed by atoms with Crippen LogP contribution in [-0.2, 0) is 0 Å². The topological polar surface area (TPSA) is 37.7 Å². The Morgan fingerprint density at radius 3 is 2.54 bits per heavy atom. The number of pyridine rings is 1. The van der Waals surface area contributed by atoms with Crippen molar-refractivity contribution in [3.8, 4) is 5.75 Å². The molecule has 0 aliphatic carbocycles. The van der Waals surface area contributed by atoms with Gasteiger partial charge in [-0.1, -0.05) is 45.8 Å². The van der Waals surface area contributed by atoms with Gasteiger partial charge in [0.1, 0.15) is 5.75 Å². The summed E-state index contributed by atoms with van der Waals surface area (Å²) < 4.78 is 8.41. The molecular formula is C22H17Br2N3O. The Morgan fingerprint density at radius 2 is 1.79 bits per heavy atom. The summed E-state index contributed by atoms with van der Waals surface area (Å²) >= 11 is 7.29. The molecule has 0 bridgehead atoms. The third kappa shape index (κ3) is 3.05. The van der Waals surface area contributed by atoms with Crippen LogP contribution >= 0.6 is 31.9 Å². The second kappa shape index (κ2) is 7.01. The van der Waals surface area contributed by atoms with Gasteiger partial charge < -0.3 is 4.74 Å². The third-order valence-electron chi connectivity index (χ3n) is 5.18. The fraction of sp³-hybridized carbons (Fsp3) is 0.182. The van der Waals surface area contributed by atoms with Gasteiger partial charge in [-0.2, -0.15) is 5.10 Å². The molecule has 0 fully saturated rings. The molecule has 140 valence electrons. The molecule has 2 aliphatic heterocycles. The standard InChI is InChI=1S/C22H17Br2N3O/c1-13-2-4-14(5-3-13)19-12-20-17-10-16(23)11-18(24)21(17)28-22(27(20)26-19)15-6-8-25-9-7-15/h2-11,20,22H,12H2,1H3/t20-,22+/m1/s1. The number of hydrazone groups is 1. The zero-order chi connectivity index (χ0) is 19.3. The van der Waals surface area contributed by atoms with Crippen LogP contribution in [0.5, 0.6) is 5.75 Å². The van der Waals surface area contributed by atoms with E-state index >= 15 is 0 Å². The van der Waals surface area contributed by atoms with Crippen molar-refractivity contribution in [2.45, 2.75) is 25.6 Å². The normalized spacial score (nSPS) is 20.2. The van der Waals surface area contributed by atoms with E-state index in [1.54, 1.807) is 12.4 Å². The van der Waals surface area contributed by atoms with Crippen molar-refractivity contribution in [3.05, 3.63) is 92.1 Å². The van der Waals surface area contributed by atoms with Crippen molar-refractivity contribution in [2.75, 3.05) is 0 Å². The number of hydrogen-bond donors (Lipinski definition) is 0. The van der Waals surface area contributed by atoms with Gasteiger partial charge in [0.15, 0.2) is 0 Å². The SMILES string of the molecule is Cc1ccc(C2=NN3[C@H](C2)c2cc(Br)cc(Br)c2O[C@H]3c2ccncc2)cc1. The minimum atomic E-state index is -0.291. The van der Waals surface area contributed by atoms with Gasteiger partial charge >= 0.3 is 0 Å². The molecule has 3 heterocycles. The number of halogens is 2. The summed E-state index contributed by atoms with van der Waals surface area (Å²) in [4.78, 5) is 4.14. The Morgan fingerprint density at radius 1 is 1.04 bits per heavy atom. The minimum absolute atomic E-state index is 0.118. The second-order valence-electron chi connectivity index (χ2n) is 7.07. The number of aromatic nitrogens is 1. The van der Waals surface area contributed by atoms with Crippen LogP contribution in [0.3, 0.4) is 0 Å². The highest BCUT2D eigenvalue weighted by molar-refractivity contribution is 9.11. The first-order valence-corrected chi connectivity index (χ1v) is 10.7. The van der Waals surface area contributed by atoms with Crippen LogP contribution in [0.15, 0.2) is 75.0 Å². The molecule has 0 saturated heterocycles. The monoisotopic (exact) mass is 497 g/mol. The maximum absolute atomic E-state index is 6.44. The highest BCUT2D eigenvalue weighted by atomic mass is 79.9. The molecule has 5 rings (SSSR count). The highest BCUT2D eigenvalue weighted by Crippen LogP contribution is 2.50. The Balaban J connectivity index is 1.63. The van der Waals surface area contributed by atoms with Crippen LogP contribution in [-0.4, -0.2) is 15.7 Å². The smallest absolute Gasteiger partial charge is 0.214 e.